The third-order valence-electron chi connectivity index (χ3n) is 3.00. The van der Waals surface area contributed by atoms with Crippen LogP contribution in [0.4, 0.5) is 10.1 Å². The third kappa shape index (κ3) is 3.89. The molecular weight excluding hydrogens is 251 g/mol. The molecule has 0 fully saturated rings. The van der Waals surface area contributed by atoms with Gasteiger partial charge in [0, 0.05) is 11.6 Å². The van der Waals surface area contributed by atoms with Crippen molar-refractivity contribution < 1.29 is 14.1 Å². The first-order valence-corrected chi connectivity index (χ1v) is 6.27. The molecule has 5 nitrogen and oxygen atoms in total. The number of nitro benzene ring substituents is 1. The van der Waals surface area contributed by atoms with Gasteiger partial charge in [-0.3, -0.25) is 10.1 Å². The molecule has 0 aliphatic rings. The fourth-order valence-corrected chi connectivity index (χ4v) is 1.99. The summed E-state index contributed by atoms with van der Waals surface area (Å²) in [5.74, 6) is -0.679. The molecule has 0 spiro atoms. The van der Waals surface area contributed by atoms with Gasteiger partial charge in [0.15, 0.2) is 11.6 Å². The maximum absolute atomic E-state index is 13.5. The summed E-state index contributed by atoms with van der Waals surface area (Å²) < 4.78 is 18.4. The summed E-state index contributed by atoms with van der Waals surface area (Å²) in [4.78, 5) is 10.4. The highest BCUT2D eigenvalue weighted by Crippen LogP contribution is 2.28. The summed E-state index contributed by atoms with van der Waals surface area (Å²) >= 11 is 0. The van der Waals surface area contributed by atoms with Gasteiger partial charge in [-0.15, -0.1) is 0 Å². The normalized spacial score (nSPS) is 12.2. The highest BCUT2D eigenvalue weighted by Gasteiger charge is 2.21. The van der Waals surface area contributed by atoms with Gasteiger partial charge in [0.1, 0.15) is 0 Å². The number of halogens is 1. The second-order valence-electron chi connectivity index (χ2n) is 4.24. The Labute approximate surface area is 111 Å². The van der Waals surface area contributed by atoms with Gasteiger partial charge in [-0.2, -0.15) is 0 Å². The van der Waals surface area contributed by atoms with E-state index in [1.54, 1.807) is 0 Å². The van der Waals surface area contributed by atoms with Crippen LogP contribution in [-0.2, 0) is 6.42 Å². The summed E-state index contributed by atoms with van der Waals surface area (Å²) in [5, 5.41) is 14.2. The molecule has 6 heteroatoms. The lowest BCUT2D eigenvalue weighted by Crippen LogP contribution is -2.30. The number of ether oxygens (including phenoxy) is 1. The third-order valence-corrected chi connectivity index (χ3v) is 3.00. The Balaban J connectivity index is 3.12. The number of nitrogens with zero attached hydrogens (tertiary/aromatic N) is 1. The van der Waals surface area contributed by atoms with Crippen LogP contribution in [0.25, 0.3) is 0 Å². The van der Waals surface area contributed by atoms with Crippen LogP contribution in [0.15, 0.2) is 12.1 Å². The summed E-state index contributed by atoms with van der Waals surface area (Å²) in [6.07, 6.45) is 1.31. The molecule has 1 aromatic rings. The first-order valence-electron chi connectivity index (χ1n) is 6.27. The van der Waals surface area contributed by atoms with Gasteiger partial charge in [-0.25, -0.2) is 4.39 Å². The number of nitrogens with one attached hydrogen (secondary N) is 1. The molecule has 19 heavy (non-hydrogen) atoms. The predicted octanol–water partition coefficient (Wildman–Crippen LogP) is 2.67. The average molecular weight is 270 g/mol. The van der Waals surface area contributed by atoms with E-state index < -0.39 is 10.7 Å². The average Bonchev–Trinajstić information content (AvgIpc) is 2.39. The van der Waals surface area contributed by atoms with E-state index >= 15 is 0 Å². The minimum Gasteiger partial charge on any atom is -0.494 e. The zero-order valence-corrected chi connectivity index (χ0v) is 11.4. The van der Waals surface area contributed by atoms with Gasteiger partial charge in [0.05, 0.1) is 18.1 Å². The Morgan fingerprint density at radius 1 is 1.47 bits per heavy atom. The molecule has 1 atom stereocenters. The van der Waals surface area contributed by atoms with Gasteiger partial charge in [-0.1, -0.05) is 13.8 Å². The molecule has 1 N–H and O–H groups in total. The van der Waals surface area contributed by atoms with Crippen LogP contribution in [0.2, 0.25) is 0 Å². The van der Waals surface area contributed by atoms with E-state index in [-0.39, 0.29) is 17.5 Å². The zero-order chi connectivity index (χ0) is 14.4. The van der Waals surface area contributed by atoms with E-state index in [4.69, 9.17) is 4.74 Å². The van der Waals surface area contributed by atoms with Gasteiger partial charge < -0.3 is 10.1 Å². The SMILES string of the molecule is CCNC(CC)Cc1cc(OC)c(F)cc1[N+](=O)[O-]. The van der Waals surface area contributed by atoms with Crippen LogP contribution in [0.3, 0.4) is 0 Å². The van der Waals surface area contributed by atoms with Crippen molar-refractivity contribution in [2.24, 2.45) is 0 Å². The number of methoxy groups -OCH3 is 1. The predicted molar refractivity (Wildman–Crippen MR) is 71.1 cm³/mol. The Morgan fingerprint density at radius 2 is 2.16 bits per heavy atom. The molecule has 1 unspecified atom stereocenters. The topological polar surface area (TPSA) is 64.4 Å². The van der Waals surface area contributed by atoms with Crippen molar-refractivity contribution >= 4 is 5.69 Å². The van der Waals surface area contributed by atoms with E-state index in [2.05, 4.69) is 5.32 Å². The molecule has 0 saturated carbocycles. The fourth-order valence-electron chi connectivity index (χ4n) is 1.99. The lowest BCUT2D eigenvalue weighted by atomic mass is 10.0. The van der Waals surface area contributed by atoms with Gasteiger partial charge in [-0.05, 0) is 25.5 Å². The highest BCUT2D eigenvalue weighted by molar-refractivity contribution is 5.46. The van der Waals surface area contributed by atoms with Crippen LogP contribution < -0.4 is 10.1 Å². The first kappa shape index (κ1) is 15.4. The van der Waals surface area contributed by atoms with E-state index in [9.17, 15) is 14.5 Å². The lowest BCUT2D eigenvalue weighted by Gasteiger charge is -2.16. The van der Waals surface area contributed by atoms with Crippen molar-refractivity contribution in [1.29, 1.82) is 0 Å². The van der Waals surface area contributed by atoms with Crippen LogP contribution in [0.1, 0.15) is 25.8 Å². The van der Waals surface area contributed by atoms with Crippen molar-refractivity contribution in [3.63, 3.8) is 0 Å². The summed E-state index contributed by atoms with van der Waals surface area (Å²) in [6.45, 7) is 4.76. The van der Waals surface area contributed by atoms with Gasteiger partial charge >= 0.3 is 0 Å². The van der Waals surface area contributed by atoms with Crippen molar-refractivity contribution in [3.05, 3.63) is 33.6 Å². The van der Waals surface area contributed by atoms with Crippen molar-refractivity contribution in [2.45, 2.75) is 32.7 Å². The molecule has 1 rings (SSSR count). The van der Waals surface area contributed by atoms with Crippen LogP contribution in [-0.4, -0.2) is 24.6 Å². The Morgan fingerprint density at radius 3 is 2.63 bits per heavy atom. The van der Waals surface area contributed by atoms with Gasteiger partial charge in [0.2, 0.25) is 0 Å². The molecule has 0 saturated heterocycles. The molecule has 1 aromatic carbocycles. The molecule has 0 aliphatic heterocycles. The largest absolute Gasteiger partial charge is 0.494 e. The molecular formula is C13H19FN2O3. The second-order valence-corrected chi connectivity index (χ2v) is 4.24. The summed E-state index contributed by atoms with van der Waals surface area (Å²) in [7, 11) is 1.34. The minimum absolute atomic E-state index is 0.0342. The van der Waals surface area contributed by atoms with Crippen molar-refractivity contribution in [1.82, 2.24) is 5.32 Å². The zero-order valence-electron chi connectivity index (χ0n) is 11.4. The Hall–Kier alpha value is -1.69. The molecule has 0 heterocycles. The smallest absolute Gasteiger partial charge is 0.275 e. The van der Waals surface area contributed by atoms with Crippen LogP contribution in [0, 0.1) is 15.9 Å². The Kier molecular flexibility index (Phi) is 5.69. The second kappa shape index (κ2) is 7.04. The van der Waals surface area contributed by atoms with E-state index in [0.29, 0.717) is 12.0 Å². The van der Waals surface area contributed by atoms with E-state index in [1.807, 2.05) is 13.8 Å². The molecule has 0 bridgehead atoms. The molecule has 0 amide bonds. The monoisotopic (exact) mass is 270 g/mol. The maximum Gasteiger partial charge on any atom is 0.275 e. The van der Waals surface area contributed by atoms with Crippen molar-refractivity contribution in [2.75, 3.05) is 13.7 Å². The summed E-state index contributed by atoms with van der Waals surface area (Å²) in [5.41, 5.74) is 0.283. The van der Waals surface area contributed by atoms with Crippen LogP contribution >= 0.6 is 0 Å². The maximum atomic E-state index is 13.5. The standard InChI is InChI=1S/C13H19FN2O3/c1-4-10(15-5-2)6-9-7-13(19-3)11(14)8-12(9)16(17)18/h7-8,10,15H,4-6H2,1-3H3. The quantitative estimate of drug-likeness (QED) is 0.611. The van der Waals surface area contributed by atoms with Crippen LogP contribution in [0.5, 0.6) is 5.75 Å². The molecule has 0 aliphatic carbocycles. The minimum atomic E-state index is -0.713. The van der Waals surface area contributed by atoms with E-state index in [1.165, 1.54) is 13.2 Å². The number of likely N-dealkylation sites (N-methyl/N-ethyl adjacent to an activating group) is 1. The van der Waals surface area contributed by atoms with E-state index in [0.717, 1.165) is 19.0 Å². The molecule has 0 aromatic heterocycles. The number of rotatable bonds is 7. The fraction of sp³-hybridized carbons (Fsp3) is 0.538. The number of hydrogen-bond donors (Lipinski definition) is 1. The number of hydrogen-bond acceptors (Lipinski definition) is 4. The highest BCUT2D eigenvalue weighted by atomic mass is 19.1. The van der Waals surface area contributed by atoms with Crippen molar-refractivity contribution in [3.8, 4) is 5.75 Å². The Bertz CT molecular complexity index is 452. The lowest BCUT2D eigenvalue weighted by molar-refractivity contribution is -0.385. The summed E-state index contributed by atoms with van der Waals surface area (Å²) in [6, 6.07) is 2.46. The number of benzene rings is 1. The number of nitro groups is 1. The first-order chi connectivity index (χ1) is 9.03. The molecule has 106 valence electrons. The van der Waals surface area contributed by atoms with Gasteiger partial charge in [0.25, 0.3) is 5.69 Å². The molecule has 0 radical (unpaired) electrons.